The van der Waals surface area contributed by atoms with Crippen molar-refractivity contribution in [3.63, 3.8) is 0 Å². The summed E-state index contributed by atoms with van der Waals surface area (Å²) in [5.74, 6) is -20.5. The van der Waals surface area contributed by atoms with Crippen LogP contribution < -0.4 is 66.2 Å². The van der Waals surface area contributed by atoms with Crippen molar-refractivity contribution in [1.82, 2.24) is 42.5 Å². The molecule has 17 bridgehead atoms. The van der Waals surface area contributed by atoms with Gasteiger partial charge >= 0.3 is 5.97 Å². The van der Waals surface area contributed by atoms with Crippen molar-refractivity contribution < 1.29 is 143 Å². The maximum Gasteiger partial charge on any atom is 0.330 e. The number of carbonyl (C=O) groups is 8. The summed E-state index contributed by atoms with van der Waals surface area (Å²) in [4.78, 5) is 123. The molecule has 8 aliphatic rings. The average molecular weight is 1800 g/mol. The molecule has 15 rings (SSSR count). The molecule has 19 unspecified atom stereocenters. The largest absolute Gasteiger partial charge is 0.508 e. The highest BCUT2D eigenvalue weighted by Crippen LogP contribution is 2.52. The van der Waals surface area contributed by atoms with Gasteiger partial charge in [-0.2, -0.15) is 0 Å². The Labute approximate surface area is 725 Å². The van der Waals surface area contributed by atoms with Crippen molar-refractivity contribution in [2.45, 2.75) is 175 Å². The van der Waals surface area contributed by atoms with E-state index in [4.69, 9.17) is 79.6 Å². The Morgan fingerprint density at radius 1 is 0.500 bits per heavy atom. The van der Waals surface area contributed by atoms with E-state index in [1.54, 1.807) is 0 Å². The molecule has 0 saturated carbocycles. The van der Waals surface area contributed by atoms with Gasteiger partial charge in [0.25, 0.3) is 0 Å². The fourth-order valence-electron chi connectivity index (χ4n) is 15.3. The first kappa shape index (κ1) is 90.9. The standard InChI is InChI=1S/C83H88Cl4N8O29/c1-31(2)10-8-6-4-5-7-9-11-55(102)89-80-70(108)67(105)42(29-96)82(124-80)123-73-52-23-35-24-53(73)120-72-44(85)20-36(21-45(72)86)66(104)64-79(115)93-62(81(116)117)40-25-37(98)26-51(121-83-71(109)69(107)68(106)54(30-97)122-83)56(40)39-18-32(12-15-46(39)99)59(75(111)95-64)90-76(112)60(35)91-77(113)61-41-27-38(28-48(101)57(41)87)118-50-22-33(13-16-47(50)100)58(88-3)74(110)94-63(78(114)92-61)65(103)34-14-17-49(119-52)43(84)19-34/h12-28,31,42,54,58-71,80,82-83,88,96-101,103-109H,4-11,29-30H2,1-3H3,(H,89,102)(H,90,112)(H,91,113)(H,92,114)(H,93,115)(H,94,110)(H,95,111)(H,116,117). The smallest absolute Gasteiger partial charge is 0.330 e. The van der Waals surface area contributed by atoms with Gasteiger partial charge in [-0.3, -0.25) is 33.6 Å². The fourth-order valence-corrected chi connectivity index (χ4v) is 16.4. The number of aliphatic hydroxyl groups is 9. The maximum absolute atomic E-state index is 16.7. The molecule has 19 atom stereocenters. The minimum atomic E-state index is -2.54. The molecule has 662 valence electrons. The van der Waals surface area contributed by atoms with Crippen molar-refractivity contribution in [1.29, 1.82) is 0 Å². The molecule has 41 heteroatoms. The van der Waals surface area contributed by atoms with Crippen molar-refractivity contribution in [3.8, 4) is 80.1 Å². The van der Waals surface area contributed by atoms with Crippen LogP contribution in [-0.2, 0) is 47.8 Å². The number of aliphatic carboxylic acids is 1. The molecule has 37 nitrogen and oxygen atoms in total. The summed E-state index contributed by atoms with van der Waals surface area (Å²) in [6.07, 6.45) is -16.9. The van der Waals surface area contributed by atoms with E-state index < -0.39 is 299 Å². The minimum Gasteiger partial charge on any atom is -0.508 e. The number of aliphatic hydroxyl groups excluding tert-OH is 9. The van der Waals surface area contributed by atoms with Gasteiger partial charge in [0.1, 0.15) is 113 Å². The van der Waals surface area contributed by atoms with E-state index in [1.165, 1.54) is 25.2 Å². The third kappa shape index (κ3) is 19.2. The third-order valence-electron chi connectivity index (χ3n) is 22.0. The molecular formula is C83H88Cl4N8O29. The SMILES string of the molecule is CNC1C(=O)NC2C(=O)NC(C(=O)NC3C(=O)NC4C(=O)NC(C(=O)NC(C(=O)O)c5cc(O)cc(OC6OC(CO)C(O)C(O)C6O)c5-c5cc4ccc5O)C(O)c4cc(Cl)c(c(Cl)c4)Oc4cc3cc(c4OC3OC(NC(=O)CCCCCCCCC(C)C)C(O)C(O)C3CO)Oc3ccc(cc3Cl)C2O)c2cc(cc(O)c2Cl)Oc2cc1ccc2O. The first-order valence-corrected chi connectivity index (χ1v) is 40.8. The number of likely N-dealkylation sites (N-methyl/N-ethyl adjacent to an activating group) is 1. The monoisotopic (exact) mass is 1800 g/mol. The summed E-state index contributed by atoms with van der Waals surface area (Å²) < 4.78 is 44.2. The number of amides is 7. The van der Waals surface area contributed by atoms with Crippen molar-refractivity contribution in [2.24, 2.45) is 11.8 Å². The van der Waals surface area contributed by atoms with Gasteiger partial charge < -0.3 is 147 Å². The van der Waals surface area contributed by atoms with E-state index in [-0.39, 0.29) is 23.3 Å². The second-order valence-corrected chi connectivity index (χ2v) is 32.5. The molecule has 0 radical (unpaired) electrons. The van der Waals surface area contributed by atoms with Crippen LogP contribution >= 0.6 is 46.4 Å². The summed E-state index contributed by atoms with van der Waals surface area (Å²) in [5, 5.41) is 179. The molecule has 0 spiro atoms. The lowest BCUT2D eigenvalue weighted by Gasteiger charge is -2.42. The number of fused-ring (bicyclic) bond motifs is 14. The van der Waals surface area contributed by atoms with Gasteiger partial charge in [0, 0.05) is 40.8 Å². The van der Waals surface area contributed by atoms with Gasteiger partial charge in [-0.1, -0.05) is 117 Å². The van der Waals surface area contributed by atoms with Crippen molar-refractivity contribution in [2.75, 3.05) is 20.3 Å². The predicted molar refractivity (Wildman–Crippen MR) is 434 cm³/mol. The zero-order valence-electron chi connectivity index (χ0n) is 65.8. The average Bonchev–Trinajstić information content (AvgIpc) is 0.745. The fraction of sp³-hybridized carbons (Fsp3) is 0.398. The zero-order chi connectivity index (χ0) is 89.3. The van der Waals surface area contributed by atoms with Crippen molar-refractivity contribution in [3.05, 3.63) is 162 Å². The number of rotatable bonds is 18. The lowest BCUT2D eigenvalue weighted by atomic mass is 9.89. The molecule has 2 saturated heterocycles. The number of carbonyl (C=O) groups excluding carboxylic acids is 7. The lowest BCUT2D eigenvalue weighted by molar-refractivity contribution is -0.277. The number of hydrogen-bond acceptors (Lipinski definition) is 29. The molecule has 7 aromatic rings. The summed E-state index contributed by atoms with van der Waals surface area (Å²) in [6.45, 7) is 2.21. The highest BCUT2D eigenvalue weighted by atomic mass is 35.5. The summed E-state index contributed by atoms with van der Waals surface area (Å²) >= 11 is 28.6. The molecular weight excluding hydrogens is 1710 g/mol. The zero-order valence-corrected chi connectivity index (χ0v) is 68.9. The molecule has 2 fully saturated rings. The number of aromatic hydroxyl groups is 4. The van der Waals surface area contributed by atoms with Gasteiger partial charge in [-0.15, -0.1) is 0 Å². The van der Waals surface area contributed by atoms with Gasteiger partial charge in [0.2, 0.25) is 59.7 Å². The molecule has 8 aliphatic heterocycles. The van der Waals surface area contributed by atoms with Crippen LogP contribution in [0.3, 0.4) is 0 Å². The first-order chi connectivity index (χ1) is 59.0. The quantitative estimate of drug-likeness (QED) is 0.0497. The molecule has 7 aromatic carbocycles. The number of carboxylic acids is 1. The number of unbranched alkanes of at least 4 members (excludes halogenated alkanes) is 5. The summed E-state index contributed by atoms with van der Waals surface area (Å²) in [7, 11) is 1.35. The van der Waals surface area contributed by atoms with Crippen LogP contribution in [0.1, 0.15) is 147 Å². The molecule has 0 aliphatic carbocycles. The van der Waals surface area contributed by atoms with Gasteiger partial charge in [0.15, 0.2) is 41.0 Å². The van der Waals surface area contributed by atoms with E-state index in [0.717, 1.165) is 117 Å². The van der Waals surface area contributed by atoms with Crippen LogP contribution in [0.5, 0.6) is 69.0 Å². The van der Waals surface area contributed by atoms with Crippen LogP contribution in [0.15, 0.2) is 103 Å². The maximum atomic E-state index is 16.7. The molecule has 7 amide bonds. The highest BCUT2D eigenvalue weighted by molar-refractivity contribution is 6.37. The highest BCUT2D eigenvalue weighted by Gasteiger charge is 2.50. The minimum absolute atomic E-state index is 0.0790. The van der Waals surface area contributed by atoms with E-state index in [9.17, 15) is 85.9 Å². The van der Waals surface area contributed by atoms with Crippen LogP contribution in [0.4, 0.5) is 0 Å². The van der Waals surface area contributed by atoms with Crippen LogP contribution in [0.2, 0.25) is 20.1 Å². The summed E-state index contributed by atoms with van der Waals surface area (Å²) in [5.41, 5.74) is -4.30. The third-order valence-corrected chi connectivity index (χ3v) is 23.2. The second-order valence-electron chi connectivity index (χ2n) is 30.9. The van der Waals surface area contributed by atoms with E-state index >= 15 is 24.0 Å². The Hall–Kier alpha value is -10.8. The van der Waals surface area contributed by atoms with E-state index in [2.05, 4.69) is 56.4 Å². The number of phenolic OH excluding ortho intramolecular Hbond substituents is 4. The molecule has 0 aromatic heterocycles. The number of nitrogens with one attached hydrogen (secondary N) is 8. The normalized spacial score (nSPS) is 26.9. The predicted octanol–water partition coefficient (Wildman–Crippen LogP) is 5.10. The lowest BCUT2D eigenvalue weighted by Crippen LogP contribution is -2.62. The number of carboxylic acid groups (broad SMARTS) is 1. The van der Waals surface area contributed by atoms with Crippen LogP contribution in [0.25, 0.3) is 11.1 Å². The first-order valence-electron chi connectivity index (χ1n) is 39.2. The Bertz CT molecular complexity index is 5260. The number of halogens is 4. The number of hydrogen-bond donors (Lipinski definition) is 22. The van der Waals surface area contributed by atoms with Crippen LogP contribution in [-0.4, -0.2) is 207 Å². The van der Waals surface area contributed by atoms with E-state index in [1.807, 2.05) is 0 Å². The Morgan fingerprint density at radius 2 is 1.10 bits per heavy atom. The van der Waals surface area contributed by atoms with Gasteiger partial charge in [-0.05, 0) is 120 Å². The Balaban J connectivity index is 1.04. The summed E-state index contributed by atoms with van der Waals surface area (Å²) in [6, 6.07) is 1.26. The molecule has 8 heterocycles. The van der Waals surface area contributed by atoms with E-state index in [0.29, 0.717) is 18.8 Å². The number of ether oxygens (including phenoxy) is 7. The van der Waals surface area contributed by atoms with Gasteiger partial charge in [-0.25, -0.2) is 4.79 Å². The Kier molecular flexibility index (Phi) is 28.1. The Morgan fingerprint density at radius 3 is 1.77 bits per heavy atom. The molecule has 22 N–H and O–H groups in total. The van der Waals surface area contributed by atoms with Gasteiger partial charge in [0.05, 0.1) is 45.3 Å². The number of phenols is 4. The van der Waals surface area contributed by atoms with Crippen molar-refractivity contribution >= 4 is 93.7 Å². The second kappa shape index (κ2) is 38.3. The molecule has 124 heavy (non-hydrogen) atoms. The number of benzene rings is 7. The topological polar surface area (TPSA) is 581 Å². The van der Waals surface area contributed by atoms with Crippen LogP contribution in [0, 0.1) is 11.8 Å².